The molecular formula is C20H29ClN2O2. The van der Waals surface area contributed by atoms with Gasteiger partial charge in [-0.2, -0.15) is 0 Å². The lowest BCUT2D eigenvalue weighted by molar-refractivity contribution is -0.144. The molecule has 1 saturated carbocycles. The molecule has 2 heterocycles. The predicted octanol–water partition coefficient (Wildman–Crippen LogP) is 3.16. The molecule has 3 fully saturated rings. The lowest BCUT2D eigenvalue weighted by Gasteiger charge is -2.34. The molecule has 138 valence electrons. The van der Waals surface area contributed by atoms with Gasteiger partial charge < -0.3 is 15.4 Å². The Hall–Kier alpha value is -1.10. The molecule has 0 spiro atoms. The average molecular weight is 365 g/mol. The number of benzene rings is 1. The van der Waals surface area contributed by atoms with Crippen LogP contribution in [0.2, 0.25) is 0 Å². The first-order valence-corrected chi connectivity index (χ1v) is 9.45. The second-order valence-electron chi connectivity index (χ2n) is 7.71. The van der Waals surface area contributed by atoms with Crippen molar-refractivity contribution in [3.8, 4) is 0 Å². The lowest BCUT2D eigenvalue weighted by Crippen LogP contribution is -2.41. The molecule has 4 rings (SSSR count). The first kappa shape index (κ1) is 18.7. The Morgan fingerprint density at radius 1 is 1.08 bits per heavy atom. The van der Waals surface area contributed by atoms with Gasteiger partial charge in [-0.05, 0) is 43.1 Å². The van der Waals surface area contributed by atoms with Crippen molar-refractivity contribution < 1.29 is 9.53 Å². The first-order chi connectivity index (χ1) is 11.7. The summed E-state index contributed by atoms with van der Waals surface area (Å²) < 4.78 is 6.02. The van der Waals surface area contributed by atoms with Crippen LogP contribution in [0.1, 0.15) is 43.8 Å². The van der Waals surface area contributed by atoms with E-state index in [1.54, 1.807) is 0 Å². The molecule has 1 amide bonds. The van der Waals surface area contributed by atoms with Crippen molar-refractivity contribution in [2.45, 2.75) is 44.2 Å². The highest BCUT2D eigenvalue weighted by atomic mass is 35.5. The number of rotatable bonds is 2. The van der Waals surface area contributed by atoms with Crippen molar-refractivity contribution in [3.63, 3.8) is 0 Å². The van der Waals surface area contributed by atoms with Gasteiger partial charge in [-0.3, -0.25) is 4.79 Å². The van der Waals surface area contributed by atoms with Crippen molar-refractivity contribution in [3.05, 3.63) is 35.9 Å². The van der Waals surface area contributed by atoms with Gasteiger partial charge >= 0.3 is 0 Å². The highest BCUT2D eigenvalue weighted by Gasteiger charge is 2.43. The van der Waals surface area contributed by atoms with E-state index >= 15 is 0 Å². The van der Waals surface area contributed by atoms with E-state index in [1.165, 1.54) is 12.8 Å². The Morgan fingerprint density at radius 2 is 1.88 bits per heavy atom. The van der Waals surface area contributed by atoms with E-state index in [0.717, 1.165) is 44.5 Å². The summed E-state index contributed by atoms with van der Waals surface area (Å²) in [5.41, 5.74) is 7.45. The molecule has 5 atom stereocenters. The topological polar surface area (TPSA) is 55.6 Å². The minimum absolute atomic E-state index is 0. The standard InChI is InChI=1S/C20H28N2O2.ClH/c21-18-10-4-8-15-12-22(13-17(15)18)20(23)16-9-5-11-24-19(16)14-6-2-1-3-7-14;/h1-3,6-7,15-19H,4-5,8-13,21H2;1H. The number of carbonyl (C=O) groups is 1. The van der Waals surface area contributed by atoms with Crippen molar-refractivity contribution in [1.82, 2.24) is 4.90 Å². The number of fused-ring (bicyclic) bond motifs is 1. The Kier molecular flexibility index (Phi) is 6.03. The van der Waals surface area contributed by atoms with Crippen LogP contribution < -0.4 is 5.73 Å². The molecule has 0 aromatic heterocycles. The second kappa shape index (κ2) is 8.07. The summed E-state index contributed by atoms with van der Waals surface area (Å²) in [6, 6.07) is 10.5. The van der Waals surface area contributed by atoms with Crippen molar-refractivity contribution in [2.75, 3.05) is 19.7 Å². The average Bonchev–Trinajstić information content (AvgIpc) is 3.08. The minimum atomic E-state index is -0.0937. The quantitative estimate of drug-likeness (QED) is 0.876. The van der Waals surface area contributed by atoms with E-state index < -0.39 is 0 Å². The van der Waals surface area contributed by atoms with Gasteiger partial charge in [-0.1, -0.05) is 36.8 Å². The molecule has 25 heavy (non-hydrogen) atoms. The van der Waals surface area contributed by atoms with Gasteiger partial charge in [0.25, 0.3) is 0 Å². The maximum absolute atomic E-state index is 13.2. The summed E-state index contributed by atoms with van der Waals surface area (Å²) in [6.07, 6.45) is 5.36. The largest absolute Gasteiger partial charge is 0.373 e. The first-order valence-electron chi connectivity index (χ1n) is 9.45. The van der Waals surface area contributed by atoms with Crippen LogP contribution in [0, 0.1) is 17.8 Å². The van der Waals surface area contributed by atoms with E-state index in [4.69, 9.17) is 10.5 Å². The van der Waals surface area contributed by atoms with Crippen LogP contribution in [-0.2, 0) is 9.53 Å². The summed E-state index contributed by atoms with van der Waals surface area (Å²) in [6.45, 7) is 2.50. The number of nitrogens with zero attached hydrogens (tertiary/aromatic N) is 1. The van der Waals surface area contributed by atoms with E-state index in [9.17, 15) is 4.79 Å². The molecule has 1 aliphatic carbocycles. The van der Waals surface area contributed by atoms with Crippen LogP contribution in [0.5, 0.6) is 0 Å². The monoisotopic (exact) mass is 364 g/mol. The summed E-state index contributed by atoms with van der Waals surface area (Å²) in [5, 5.41) is 0. The van der Waals surface area contributed by atoms with Crippen LogP contribution in [0.25, 0.3) is 0 Å². The molecule has 0 radical (unpaired) electrons. The molecule has 5 unspecified atom stereocenters. The SMILES string of the molecule is Cl.NC1CCCC2CN(C(=O)C3CCCOC3c3ccccc3)CC12. The van der Waals surface area contributed by atoms with E-state index in [1.807, 2.05) is 18.2 Å². The minimum Gasteiger partial charge on any atom is -0.373 e. The number of halogens is 1. The van der Waals surface area contributed by atoms with E-state index in [-0.39, 0.29) is 36.4 Å². The highest BCUT2D eigenvalue weighted by molar-refractivity contribution is 5.85. The maximum Gasteiger partial charge on any atom is 0.228 e. The molecule has 1 aromatic carbocycles. The maximum atomic E-state index is 13.2. The zero-order chi connectivity index (χ0) is 16.5. The Balaban J connectivity index is 0.00000182. The van der Waals surface area contributed by atoms with E-state index in [0.29, 0.717) is 11.8 Å². The molecule has 2 saturated heterocycles. The summed E-state index contributed by atoms with van der Waals surface area (Å²) >= 11 is 0. The number of ether oxygens (including phenoxy) is 1. The normalized spacial score (nSPS) is 34.9. The van der Waals surface area contributed by atoms with Gasteiger partial charge in [0.1, 0.15) is 0 Å². The molecular weight excluding hydrogens is 336 g/mol. The Bertz CT molecular complexity index is 582. The molecule has 3 aliphatic rings. The number of nitrogens with two attached hydrogens (primary N) is 1. The van der Waals surface area contributed by atoms with Crippen LogP contribution in [0.4, 0.5) is 0 Å². The molecule has 2 aliphatic heterocycles. The third kappa shape index (κ3) is 3.71. The van der Waals surface area contributed by atoms with Crippen LogP contribution >= 0.6 is 12.4 Å². The predicted molar refractivity (Wildman–Crippen MR) is 100 cm³/mol. The fourth-order valence-corrected chi connectivity index (χ4v) is 4.94. The van der Waals surface area contributed by atoms with Crippen molar-refractivity contribution in [2.24, 2.45) is 23.5 Å². The molecule has 4 nitrogen and oxygen atoms in total. The van der Waals surface area contributed by atoms with Crippen LogP contribution in [0.3, 0.4) is 0 Å². The fourth-order valence-electron chi connectivity index (χ4n) is 4.94. The smallest absolute Gasteiger partial charge is 0.228 e. The molecule has 0 bridgehead atoms. The fraction of sp³-hybridized carbons (Fsp3) is 0.650. The third-order valence-electron chi connectivity index (χ3n) is 6.23. The zero-order valence-corrected chi connectivity index (χ0v) is 15.5. The summed E-state index contributed by atoms with van der Waals surface area (Å²) in [5.74, 6) is 1.35. The summed E-state index contributed by atoms with van der Waals surface area (Å²) in [4.78, 5) is 15.3. The molecule has 5 heteroatoms. The second-order valence-corrected chi connectivity index (χ2v) is 7.71. The van der Waals surface area contributed by atoms with Gasteiger partial charge in [0, 0.05) is 25.7 Å². The Labute approximate surface area is 156 Å². The highest BCUT2D eigenvalue weighted by Crippen LogP contribution is 2.39. The number of amides is 1. The Morgan fingerprint density at radius 3 is 2.64 bits per heavy atom. The third-order valence-corrected chi connectivity index (χ3v) is 6.23. The van der Waals surface area contributed by atoms with Gasteiger partial charge in [0.15, 0.2) is 0 Å². The molecule has 2 N–H and O–H groups in total. The van der Waals surface area contributed by atoms with E-state index in [2.05, 4.69) is 17.0 Å². The number of carbonyl (C=O) groups excluding carboxylic acids is 1. The lowest BCUT2D eigenvalue weighted by atomic mass is 9.78. The van der Waals surface area contributed by atoms with Crippen LogP contribution in [0.15, 0.2) is 30.3 Å². The van der Waals surface area contributed by atoms with Crippen molar-refractivity contribution >= 4 is 18.3 Å². The van der Waals surface area contributed by atoms with Gasteiger partial charge in [0.05, 0.1) is 12.0 Å². The van der Waals surface area contributed by atoms with Crippen LogP contribution in [-0.4, -0.2) is 36.5 Å². The van der Waals surface area contributed by atoms with Gasteiger partial charge in [-0.25, -0.2) is 0 Å². The van der Waals surface area contributed by atoms with Crippen molar-refractivity contribution in [1.29, 1.82) is 0 Å². The summed E-state index contributed by atoms with van der Waals surface area (Å²) in [7, 11) is 0. The number of likely N-dealkylation sites (tertiary alicyclic amines) is 1. The molecule has 1 aromatic rings. The number of hydrogen-bond donors (Lipinski definition) is 1. The van der Waals surface area contributed by atoms with Gasteiger partial charge in [0.2, 0.25) is 5.91 Å². The number of hydrogen-bond acceptors (Lipinski definition) is 3. The van der Waals surface area contributed by atoms with Gasteiger partial charge in [-0.15, -0.1) is 12.4 Å². The zero-order valence-electron chi connectivity index (χ0n) is 14.7.